The molecule has 7 heteroatoms. The van der Waals surface area contributed by atoms with Crippen molar-refractivity contribution in [2.75, 3.05) is 11.9 Å². The third kappa shape index (κ3) is 5.13. The number of benzene rings is 1. The molecule has 1 heterocycles. The average Bonchev–Trinajstić information content (AvgIpc) is 2.53. The van der Waals surface area contributed by atoms with Crippen LogP contribution in [0.4, 0.5) is 5.69 Å². The quantitative estimate of drug-likeness (QED) is 0.594. The summed E-state index contributed by atoms with van der Waals surface area (Å²) in [5.74, 6) is 0.634. The van der Waals surface area contributed by atoms with E-state index in [1.807, 2.05) is 26.0 Å². The Balaban J connectivity index is 2.04. The highest BCUT2D eigenvalue weighted by Crippen LogP contribution is 2.23. The maximum atomic E-state index is 12.4. The van der Waals surface area contributed by atoms with E-state index in [0.29, 0.717) is 29.6 Å². The van der Waals surface area contributed by atoms with E-state index >= 15 is 0 Å². The first-order valence-electron chi connectivity index (χ1n) is 7.80. The highest BCUT2D eigenvalue weighted by Gasteiger charge is 2.19. The van der Waals surface area contributed by atoms with Gasteiger partial charge in [0.05, 0.1) is 11.9 Å². The van der Waals surface area contributed by atoms with Crippen LogP contribution >= 0.6 is 11.8 Å². The summed E-state index contributed by atoms with van der Waals surface area (Å²) < 4.78 is 5.38. The molecule has 0 aliphatic carbocycles. The summed E-state index contributed by atoms with van der Waals surface area (Å²) in [6, 6.07) is 8.64. The molecule has 1 unspecified atom stereocenters. The number of nitrogens with zero attached hydrogens (tertiary/aromatic N) is 1. The lowest BCUT2D eigenvalue weighted by atomic mass is 10.2. The minimum atomic E-state index is -0.346. The fraction of sp³-hybridized carbons (Fsp3) is 0.353. The van der Waals surface area contributed by atoms with Crippen LogP contribution in [-0.2, 0) is 4.79 Å². The zero-order valence-corrected chi connectivity index (χ0v) is 14.8. The lowest BCUT2D eigenvalue weighted by molar-refractivity contribution is -0.115. The number of anilines is 1. The summed E-state index contributed by atoms with van der Waals surface area (Å²) in [4.78, 5) is 30.9. The fourth-order valence-electron chi connectivity index (χ4n) is 2.09. The number of aromatic nitrogens is 2. The molecule has 0 fully saturated rings. The molecule has 0 aliphatic rings. The Labute approximate surface area is 145 Å². The molecule has 24 heavy (non-hydrogen) atoms. The minimum Gasteiger partial charge on any atom is -0.494 e. The number of hydrogen-bond acceptors (Lipinski definition) is 5. The van der Waals surface area contributed by atoms with Gasteiger partial charge >= 0.3 is 0 Å². The Morgan fingerprint density at radius 1 is 1.33 bits per heavy atom. The summed E-state index contributed by atoms with van der Waals surface area (Å²) in [5.41, 5.74) is 1.11. The summed E-state index contributed by atoms with van der Waals surface area (Å²) in [6.07, 6.45) is 0.616. The van der Waals surface area contributed by atoms with Crippen molar-refractivity contribution >= 4 is 23.4 Å². The minimum absolute atomic E-state index is 0.129. The molecule has 0 saturated heterocycles. The Hall–Kier alpha value is -2.28. The number of nitrogens with one attached hydrogen (secondary N) is 2. The SMILES string of the molecule is CCOc1ccc(NC(=O)C(CC)Sc2nc(C)cc(=O)[nH]2)cc1. The van der Waals surface area contributed by atoms with E-state index in [1.165, 1.54) is 17.8 Å². The van der Waals surface area contributed by atoms with Crippen molar-refractivity contribution in [3.63, 3.8) is 0 Å². The van der Waals surface area contributed by atoms with Crippen molar-refractivity contribution in [3.05, 3.63) is 46.4 Å². The number of carbonyl (C=O) groups is 1. The standard InChI is InChI=1S/C17H21N3O3S/c1-4-14(24-17-18-11(3)10-15(21)20-17)16(22)19-12-6-8-13(9-7-12)23-5-2/h6-10,14H,4-5H2,1-3H3,(H,19,22)(H,18,20,21). The Morgan fingerprint density at radius 2 is 2.04 bits per heavy atom. The molecule has 1 aromatic carbocycles. The molecule has 128 valence electrons. The number of ether oxygens (including phenoxy) is 1. The number of aryl methyl sites for hydroxylation is 1. The predicted molar refractivity (Wildman–Crippen MR) is 95.8 cm³/mol. The van der Waals surface area contributed by atoms with Crippen molar-refractivity contribution in [1.82, 2.24) is 9.97 Å². The summed E-state index contributed by atoms with van der Waals surface area (Å²) in [7, 11) is 0. The van der Waals surface area contributed by atoms with Crippen LogP contribution in [0.3, 0.4) is 0 Å². The van der Waals surface area contributed by atoms with Crippen LogP contribution in [0.5, 0.6) is 5.75 Å². The lowest BCUT2D eigenvalue weighted by Crippen LogP contribution is -2.25. The van der Waals surface area contributed by atoms with E-state index in [0.717, 1.165) is 5.75 Å². The topological polar surface area (TPSA) is 84.1 Å². The van der Waals surface area contributed by atoms with Crippen molar-refractivity contribution in [2.24, 2.45) is 0 Å². The van der Waals surface area contributed by atoms with Crippen LogP contribution in [-0.4, -0.2) is 27.7 Å². The summed E-state index contributed by atoms with van der Waals surface area (Å²) in [6.45, 7) is 6.19. The van der Waals surface area contributed by atoms with Crippen LogP contribution in [0.15, 0.2) is 40.3 Å². The fourth-order valence-corrected chi connectivity index (χ4v) is 3.05. The second-order valence-electron chi connectivity index (χ2n) is 5.15. The number of thioether (sulfide) groups is 1. The number of hydrogen-bond donors (Lipinski definition) is 2. The predicted octanol–water partition coefficient (Wildman–Crippen LogP) is 2.99. The monoisotopic (exact) mass is 347 g/mol. The van der Waals surface area contributed by atoms with Gasteiger partial charge in [-0.25, -0.2) is 4.98 Å². The average molecular weight is 347 g/mol. The van der Waals surface area contributed by atoms with E-state index in [2.05, 4.69) is 15.3 Å². The molecule has 2 aromatic rings. The van der Waals surface area contributed by atoms with Crippen LogP contribution in [0, 0.1) is 6.92 Å². The molecule has 2 N–H and O–H groups in total. The highest BCUT2D eigenvalue weighted by molar-refractivity contribution is 8.00. The molecule has 0 spiro atoms. The van der Waals surface area contributed by atoms with Crippen molar-refractivity contribution < 1.29 is 9.53 Å². The number of amides is 1. The number of rotatable bonds is 7. The highest BCUT2D eigenvalue weighted by atomic mass is 32.2. The van der Waals surface area contributed by atoms with Crippen LogP contribution in [0.2, 0.25) is 0 Å². The first-order chi connectivity index (χ1) is 11.5. The van der Waals surface area contributed by atoms with Gasteiger partial charge in [-0.3, -0.25) is 9.59 Å². The van der Waals surface area contributed by atoms with E-state index in [1.54, 1.807) is 19.1 Å². The van der Waals surface area contributed by atoms with Gasteiger partial charge in [0.25, 0.3) is 5.56 Å². The number of H-pyrrole nitrogens is 1. The normalized spacial score (nSPS) is 11.8. The van der Waals surface area contributed by atoms with Gasteiger partial charge in [0.1, 0.15) is 5.75 Å². The van der Waals surface area contributed by atoms with Crippen LogP contribution < -0.4 is 15.6 Å². The smallest absolute Gasteiger partial charge is 0.251 e. The van der Waals surface area contributed by atoms with Crippen LogP contribution in [0.25, 0.3) is 0 Å². The molecule has 0 radical (unpaired) electrons. The molecule has 0 bridgehead atoms. The zero-order valence-electron chi connectivity index (χ0n) is 14.0. The van der Waals surface area contributed by atoms with Gasteiger partial charge in [0.15, 0.2) is 5.16 Å². The molecule has 6 nitrogen and oxygen atoms in total. The van der Waals surface area contributed by atoms with Gasteiger partial charge in [-0.1, -0.05) is 18.7 Å². The summed E-state index contributed by atoms with van der Waals surface area (Å²) in [5, 5.41) is 2.98. The second-order valence-corrected chi connectivity index (χ2v) is 6.34. The Bertz CT molecular complexity index is 743. The molecule has 1 atom stereocenters. The molecular formula is C17H21N3O3S. The first-order valence-corrected chi connectivity index (χ1v) is 8.68. The van der Waals surface area contributed by atoms with Gasteiger partial charge in [-0.2, -0.15) is 0 Å². The molecule has 1 aromatic heterocycles. The number of carbonyl (C=O) groups excluding carboxylic acids is 1. The first kappa shape index (κ1) is 18.1. The molecule has 2 rings (SSSR count). The maximum Gasteiger partial charge on any atom is 0.251 e. The van der Waals surface area contributed by atoms with E-state index in [9.17, 15) is 9.59 Å². The van der Waals surface area contributed by atoms with Crippen molar-refractivity contribution in [1.29, 1.82) is 0 Å². The van der Waals surface area contributed by atoms with Gasteiger partial charge in [0.2, 0.25) is 5.91 Å². The Kier molecular flexibility index (Phi) is 6.43. The molecule has 1 amide bonds. The maximum absolute atomic E-state index is 12.4. The van der Waals surface area contributed by atoms with E-state index in [4.69, 9.17) is 4.74 Å². The number of aromatic amines is 1. The molecule has 0 saturated carbocycles. The largest absolute Gasteiger partial charge is 0.494 e. The third-order valence-corrected chi connectivity index (χ3v) is 4.45. The van der Waals surface area contributed by atoms with Crippen molar-refractivity contribution in [3.8, 4) is 5.75 Å². The van der Waals surface area contributed by atoms with Gasteiger partial charge < -0.3 is 15.0 Å². The third-order valence-electron chi connectivity index (χ3n) is 3.20. The van der Waals surface area contributed by atoms with Crippen LogP contribution in [0.1, 0.15) is 26.0 Å². The molecule has 0 aliphatic heterocycles. The Morgan fingerprint density at radius 3 is 2.62 bits per heavy atom. The lowest BCUT2D eigenvalue weighted by Gasteiger charge is -2.14. The van der Waals surface area contributed by atoms with E-state index in [-0.39, 0.29) is 16.7 Å². The van der Waals surface area contributed by atoms with Gasteiger partial charge in [-0.15, -0.1) is 0 Å². The second kappa shape index (κ2) is 8.54. The van der Waals surface area contributed by atoms with Gasteiger partial charge in [-0.05, 0) is 44.5 Å². The van der Waals surface area contributed by atoms with Gasteiger partial charge in [0, 0.05) is 17.4 Å². The zero-order chi connectivity index (χ0) is 17.5. The molecular weight excluding hydrogens is 326 g/mol. The summed E-state index contributed by atoms with van der Waals surface area (Å²) >= 11 is 1.25. The van der Waals surface area contributed by atoms with E-state index < -0.39 is 0 Å². The van der Waals surface area contributed by atoms with Crippen molar-refractivity contribution in [2.45, 2.75) is 37.6 Å².